The van der Waals surface area contributed by atoms with Crippen molar-refractivity contribution < 1.29 is 9.84 Å². The molecule has 0 aromatic rings. The van der Waals surface area contributed by atoms with Gasteiger partial charge >= 0.3 is 0 Å². The highest BCUT2D eigenvalue weighted by Gasteiger charge is 2.31. The number of ether oxygens (including phenoxy) is 1. The molecule has 1 saturated carbocycles. The van der Waals surface area contributed by atoms with Crippen LogP contribution in [0, 0.1) is 0 Å². The monoisotopic (exact) mass is 241 g/mol. The van der Waals surface area contributed by atoms with Crippen molar-refractivity contribution in [3.63, 3.8) is 0 Å². The molecule has 0 aromatic carbocycles. The van der Waals surface area contributed by atoms with E-state index >= 15 is 0 Å². The third-order valence-corrected chi connectivity index (χ3v) is 4.20. The van der Waals surface area contributed by atoms with E-state index in [2.05, 4.69) is 19.2 Å². The first kappa shape index (κ1) is 13.3. The van der Waals surface area contributed by atoms with E-state index in [-0.39, 0.29) is 0 Å². The van der Waals surface area contributed by atoms with Crippen molar-refractivity contribution >= 4 is 0 Å². The third-order valence-electron chi connectivity index (χ3n) is 4.20. The lowest BCUT2D eigenvalue weighted by Gasteiger charge is -2.37. The summed E-state index contributed by atoms with van der Waals surface area (Å²) in [4.78, 5) is 0. The maximum absolute atomic E-state index is 10.4. The maximum atomic E-state index is 10.4. The molecule has 0 bridgehead atoms. The van der Waals surface area contributed by atoms with Gasteiger partial charge in [0.1, 0.15) is 0 Å². The Morgan fingerprint density at radius 3 is 2.29 bits per heavy atom. The van der Waals surface area contributed by atoms with Gasteiger partial charge in [-0.15, -0.1) is 0 Å². The lowest BCUT2D eigenvalue weighted by atomic mass is 9.84. The Hall–Kier alpha value is -0.120. The van der Waals surface area contributed by atoms with Gasteiger partial charge < -0.3 is 15.2 Å². The van der Waals surface area contributed by atoms with E-state index < -0.39 is 5.60 Å². The SMILES string of the molecule is CC1CC(NCC2(O)CCCCC2)CC(C)O1. The molecule has 0 spiro atoms. The Labute approximate surface area is 105 Å². The Morgan fingerprint density at radius 1 is 1.12 bits per heavy atom. The van der Waals surface area contributed by atoms with Crippen molar-refractivity contribution in [3.05, 3.63) is 0 Å². The molecule has 3 nitrogen and oxygen atoms in total. The molecule has 100 valence electrons. The Morgan fingerprint density at radius 2 is 1.71 bits per heavy atom. The summed E-state index contributed by atoms with van der Waals surface area (Å²) in [5.41, 5.74) is -0.441. The number of aliphatic hydroxyl groups is 1. The summed E-state index contributed by atoms with van der Waals surface area (Å²) in [6.45, 7) is 5.04. The van der Waals surface area contributed by atoms with Crippen LogP contribution in [-0.4, -0.2) is 35.5 Å². The molecule has 0 radical (unpaired) electrons. The fourth-order valence-electron chi connectivity index (χ4n) is 3.29. The van der Waals surface area contributed by atoms with Crippen molar-refractivity contribution in [2.75, 3.05) is 6.54 Å². The minimum Gasteiger partial charge on any atom is -0.389 e. The largest absolute Gasteiger partial charge is 0.389 e. The Balaban J connectivity index is 1.76. The van der Waals surface area contributed by atoms with Crippen molar-refractivity contribution in [1.82, 2.24) is 5.32 Å². The summed E-state index contributed by atoms with van der Waals surface area (Å²) in [5, 5.41) is 14.0. The Bertz CT molecular complexity index is 228. The van der Waals surface area contributed by atoms with Gasteiger partial charge in [-0.2, -0.15) is 0 Å². The van der Waals surface area contributed by atoms with Crippen LogP contribution in [0.15, 0.2) is 0 Å². The normalized spacial score (nSPS) is 37.9. The predicted octanol–water partition coefficient (Wildman–Crippen LogP) is 2.23. The first-order valence-corrected chi connectivity index (χ1v) is 7.19. The molecule has 3 heteroatoms. The van der Waals surface area contributed by atoms with Gasteiger partial charge in [0, 0.05) is 12.6 Å². The first-order valence-electron chi connectivity index (χ1n) is 7.19. The van der Waals surface area contributed by atoms with Gasteiger partial charge in [-0.3, -0.25) is 0 Å². The van der Waals surface area contributed by atoms with E-state index in [0.717, 1.165) is 32.2 Å². The van der Waals surface area contributed by atoms with Crippen LogP contribution in [0.1, 0.15) is 58.8 Å². The molecule has 17 heavy (non-hydrogen) atoms. The summed E-state index contributed by atoms with van der Waals surface area (Å²) in [6.07, 6.45) is 8.41. The molecule has 2 rings (SSSR count). The van der Waals surface area contributed by atoms with Crippen LogP contribution in [0.25, 0.3) is 0 Å². The second kappa shape index (κ2) is 5.68. The fourth-order valence-corrected chi connectivity index (χ4v) is 3.29. The zero-order valence-corrected chi connectivity index (χ0v) is 11.2. The van der Waals surface area contributed by atoms with Gasteiger partial charge in [-0.1, -0.05) is 19.3 Å². The molecule has 1 aliphatic carbocycles. The molecule has 1 aliphatic heterocycles. The van der Waals surface area contributed by atoms with Crippen LogP contribution in [0.2, 0.25) is 0 Å². The number of hydrogen-bond donors (Lipinski definition) is 2. The highest BCUT2D eigenvalue weighted by Crippen LogP contribution is 2.28. The van der Waals surface area contributed by atoms with Crippen molar-refractivity contribution in [1.29, 1.82) is 0 Å². The molecule has 2 atom stereocenters. The molecular weight excluding hydrogens is 214 g/mol. The zero-order chi connectivity index (χ0) is 12.3. The zero-order valence-electron chi connectivity index (χ0n) is 11.2. The average molecular weight is 241 g/mol. The van der Waals surface area contributed by atoms with Crippen LogP contribution < -0.4 is 5.32 Å². The fraction of sp³-hybridized carbons (Fsp3) is 1.00. The maximum Gasteiger partial charge on any atom is 0.0771 e. The van der Waals surface area contributed by atoms with E-state index in [1.807, 2.05) is 0 Å². The molecule has 2 unspecified atom stereocenters. The first-order chi connectivity index (χ1) is 8.07. The lowest BCUT2D eigenvalue weighted by molar-refractivity contribution is -0.0498. The minimum atomic E-state index is -0.441. The Kier molecular flexibility index (Phi) is 4.45. The second-order valence-corrected chi connectivity index (χ2v) is 6.09. The number of nitrogens with one attached hydrogen (secondary N) is 1. The molecule has 0 amide bonds. The third kappa shape index (κ3) is 3.94. The summed E-state index contributed by atoms with van der Waals surface area (Å²) in [5.74, 6) is 0. The van der Waals surface area contributed by atoms with Gasteiger partial charge in [-0.05, 0) is 39.5 Å². The summed E-state index contributed by atoms with van der Waals surface area (Å²) in [7, 11) is 0. The average Bonchev–Trinajstić information content (AvgIpc) is 2.26. The van der Waals surface area contributed by atoms with E-state index in [4.69, 9.17) is 4.74 Å². The molecule has 2 aliphatic rings. The van der Waals surface area contributed by atoms with Crippen LogP contribution in [0.4, 0.5) is 0 Å². The van der Waals surface area contributed by atoms with E-state index in [9.17, 15) is 5.11 Å². The standard InChI is InChI=1S/C14H27NO2/c1-11-8-13(9-12(2)17-11)15-10-14(16)6-4-3-5-7-14/h11-13,15-16H,3-10H2,1-2H3. The van der Waals surface area contributed by atoms with Crippen LogP contribution >= 0.6 is 0 Å². The highest BCUT2D eigenvalue weighted by atomic mass is 16.5. The summed E-state index contributed by atoms with van der Waals surface area (Å²) < 4.78 is 5.73. The van der Waals surface area contributed by atoms with Crippen molar-refractivity contribution in [2.45, 2.75) is 82.6 Å². The molecule has 0 aromatic heterocycles. The smallest absolute Gasteiger partial charge is 0.0771 e. The molecule has 1 saturated heterocycles. The second-order valence-electron chi connectivity index (χ2n) is 6.09. The van der Waals surface area contributed by atoms with Crippen molar-refractivity contribution in [3.8, 4) is 0 Å². The van der Waals surface area contributed by atoms with E-state index in [1.165, 1.54) is 19.3 Å². The molecule has 2 N–H and O–H groups in total. The summed E-state index contributed by atoms with van der Waals surface area (Å²) in [6, 6.07) is 0.514. The summed E-state index contributed by atoms with van der Waals surface area (Å²) >= 11 is 0. The van der Waals surface area contributed by atoms with Gasteiger partial charge in [0.2, 0.25) is 0 Å². The molecule has 1 heterocycles. The molecular formula is C14H27NO2. The molecule has 2 fully saturated rings. The van der Waals surface area contributed by atoms with E-state index in [0.29, 0.717) is 18.2 Å². The van der Waals surface area contributed by atoms with Crippen LogP contribution in [0.3, 0.4) is 0 Å². The highest BCUT2D eigenvalue weighted by molar-refractivity contribution is 4.87. The van der Waals surface area contributed by atoms with Gasteiger partial charge in [0.25, 0.3) is 0 Å². The van der Waals surface area contributed by atoms with Gasteiger partial charge in [0.15, 0.2) is 0 Å². The van der Waals surface area contributed by atoms with E-state index in [1.54, 1.807) is 0 Å². The van der Waals surface area contributed by atoms with Crippen LogP contribution in [-0.2, 0) is 4.74 Å². The van der Waals surface area contributed by atoms with Gasteiger partial charge in [0.05, 0.1) is 17.8 Å². The number of hydrogen-bond acceptors (Lipinski definition) is 3. The quantitative estimate of drug-likeness (QED) is 0.796. The van der Waals surface area contributed by atoms with Crippen molar-refractivity contribution in [2.24, 2.45) is 0 Å². The topological polar surface area (TPSA) is 41.5 Å². The van der Waals surface area contributed by atoms with Gasteiger partial charge in [-0.25, -0.2) is 0 Å². The predicted molar refractivity (Wildman–Crippen MR) is 69.1 cm³/mol. The minimum absolute atomic E-state index is 0.345. The lowest BCUT2D eigenvalue weighted by Crippen LogP contribution is -2.49. The number of rotatable bonds is 3. The van der Waals surface area contributed by atoms with Crippen LogP contribution in [0.5, 0.6) is 0 Å².